The van der Waals surface area contributed by atoms with Crippen LogP contribution >= 0.6 is 11.6 Å². The first-order valence-corrected chi connectivity index (χ1v) is 10.7. The van der Waals surface area contributed by atoms with E-state index in [-0.39, 0.29) is 5.82 Å². The molecule has 0 atom stereocenters. The van der Waals surface area contributed by atoms with E-state index in [9.17, 15) is 14.0 Å². The first kappa shape index (κ1) is 26.1. The van der Waals surface area contributed by atoms with Gasteiger partial charge in [-0.15, -0.1) is 0 Å². The van der Waals surface area contributed by atoms with E-state index in [0.29, 0.717) is 41.2 Å². The van der Waals surface area contributed by atoms with E-state index in [0.717, 1.165) is 32.5 Å². The molecule has 30 heavy (non-hydrogen) atoms. The van der Waals surface area contributed by atoms with Crippen LogP contribution in [0.3, 0.4) is 0 Å². The van der Waals surface area contributed by atoms with Gasteiger partial charge in [-0.3, -0.25) is 4.90 Å². The minimum absolute atomic E-state index is 0.184. The lowest BCUT2D eigenvalue weighted by atomic mass is 9.98. The molecule has 1 fully saturated rings. The molecule has 0 aliphatic carbocycles. The Morgan fingerprint density at radius 1 is 1.20 bits per heavy atom. The molecule has 3 N–H and O–H groups in total. The third kappa shape index (κ3) is 9.69. The zero-order valence-electron chi connectivity index (χ0n) is 17.6. The molecule has 1 aliphatic heterocycles. The number of nitrogens with one attached hydrogen (secondary N) is 1. The molecule has 0 spiro atoms. The Hall–Kier alpha value is -1.96. The monoisotopic (exact) mass is 442 g/mol. The van der Waals surface area contributed by atoms with Gasteiger partial charge in [-0.1, -0.05) is 44.4 Å². The molecule has 1 aromatic carbocycles. The highest BCUT2D eigenvalue weighted by atomic mass is 35.5. The molecule has 1 heterocycles. The van der Waals surface area contributed by atoms with Crippen molar-refractivity contribution in [3.63, 3.8) is 0 Å². The Balaban J connectivity index is 0.000000479. The standard InChI is InChI=1S/C18H28ClFN2.C4H4O4/c1-3-14(4-2)12-22(15-8-10-21-11-9-15)13-16-17(19)6-5-7-18(16)20;5-3(6)1-2-4(7)8/h5-7,14-15,21H,3-4,8-13H2,1-2H3;1-2H,(H,5,6)(H,7,8). The summed E-state index contributed by atoms with van der Waals surface area (Å²) in [5, 5.41) is 19.6. The fraction of sp³-hybridized carbons (Fsp3) is 0.545. The van der Waals surface area contributed by atoms with Crippen molar-refractivity contribution >= 4 is 23.5 Å². The summed E-state index contributed by atoms with van der Waals surface area (Å²) in [4.78, 5) is 21.6. The number of halogens is 2. The van der Waals surface area contributed by atoms with Crippen molar-refractivity contribution in [1.82, 2.24) is 10.2 Å². The number of rotatable bonds is 9. The predicted octanol–water partition coefficient (Wildman–Crippen LogP) is 4.18. The molecule has 1 saturated heterocycles. The number of hydrogen-bond donors (Lipinski definition) is 3. The van der Waals surface area contributed by atoms with E-state index < -0.39 is 11.9 Å². The van der Waals surface area contributed by atoms with Crippen molar-refractivity contribution in [3.8, 4) is 0 Å². The molecule has 0 saturated carbocycles. The fourth-order valence-corrected chi connectivity index (χ4v) is 3.64. The second-order valence-corrected chi connectivity index (χ2v) is 7.71. The van der Waals surface area contributed by atoms with Gasteiger partial charge in [0.05, 0.1) is 0 Å². The van der Waals surface area contributed by atoms with Gasteiger partial charge < -0.3 is 15.5 Å². The van der Waals surface area contributed by atoms with Crippen LogP contribution in [0.5, 0.6) is 0 Å². The summed E-state index contributed by atoms with van der Waals surface area (Å²) in [6.45, 7) is 8.23. The molecule has 6 nitrogen and oxygen atoms in total. The number of carboxylic acid groups (broad SMARTS) is 2. The summed E-state index contributed by atoms with van der Waals surface area (Å²) in [5.41, 5.74) is 0.647. The first-order chi connectivity index (χ1) is 14.3. The first-order valence-electron chi connectivity index (χ1n) is 10.3. The summed E-state index contributed by atoms with van der Waals surface area (Å²) in [5.74, 6) is -2.03. The van der Waals surface area contributed by atoms with E-state index in [1.54, 1.807) is 12.1 Å². The summed E-state index contributed by atoms with van der Waals surface area (Å²) >= 11 is 6.24. The highest BCUT2D eigenvalue weighted by Crippen LogP contribution is 2.25. The van der Waals surface area contributed by atoms with Crippen molar-refractivity contribution in [2.75, 3.05) is 19.6 Å². The van der Waals surface area contributed by atoms with Gasteiger partial charge in [-0.2, -0.15) is 0 Å². The molecule has 0 amide bonds. The van der Waals surface area contributed by atoms with Gasteiger partial charge >= 0.3 is 11.9 Å². The van der Waals surface area contributed by atoms with Crippen molar-refractivity contribution in [1.29, 1.82) is 0 Å². The van der Waals surface area contributed by atoms with Crippen molar-refractivity contribution in [2.24, 2.45) is 5.92 Å². The average molecular weight is 443 g/mol. The predicted molar refractivity (Wildman–Crippen MR) is 116 cm³/mol. The number of carbonyl (C=O) groups is 2. The lowest BCUT2D eigenvalue weighted by molar-refractivity contribution is -0.134. The third-order valence-electron chi connectivity index (χ3n) is 5.26. The number of carboxylic acids is 2. The molecule has 168 valence electrons. The number of hydrogen-bond acceptors (Lipinski definition) is 4. The molecule has 1 aromatic rings. The second-order valence-electron chi connectivity index (χ2n) is 7.30. The zero-order chi connectivity index (χ0) is 22.5. The van der Waals surface area contributed by atoms with E-state index in [1.165, 1.54) is 18.9 Å². The minimum Gasteiger partial charge on any atom is -0.478 e. The van der Waals surface area contributed by atoms with Crippen LogP contribution in [0, 0.1) is 11.7 Å². The van der Waals surface area contributed by atoms with Crippen LogP contribution in [0.1, 0.15) is 45.1 Å². The third-order valence-corrected chi connectivity index (χ3v) is 5.62. The molecule has 0 aromatic heterocycles. The number of benzene rings is 1. The Morgan fingerprint density at radius 2 is 1.77 bits per heavy atom. The van der Waals surface area contributed by atoms with Crippen LogP contribution in [-0.2, 0) is 16.1 Å². The van der Waals surface area contributed by atoms with Gasteiger partial charge in [0.15, 0.2) is 0 Å². The maximum absolute atomic E-state index is 14.2. The van der Waals surface area contributed by atoms with Gasteiger partial charge in [-0.25, -0.2) is 14.0 Å². The van der Waals surface area contributed by atoms with Crippen LogP contribution < -0.4 is 5.32 Å². The molecule has 1 aliphatic rings. The van der Waals surface area contributed by atoms with Gasteiger partial charge in [0, 0.05) is 41.9 Å². The Bertz CT molecular complexity index is 668. The lowest BCUT2D eigenvalue weighted by Gasteiger charge is -2.37. The zero-order valence-corrected chi connectivity index (χ0v) is 18.4. The minimum atomic E-state index is -1.26. The van der Waals surface area contributed by atoms with Crippen LogP contribution in [0.4, 0.5) is 4.39 Å². The van der Waals surface area contributed by atoms with E-state index in [1.807, 2.05) is 0 Å². The summed E-state index contributed by atoms with van der Waals surface area (Å²) in [6, 6.07) is 5.51. The molecular formula is C22H32ClFN2O4. The maximum Gasteiger partial charge on any atom is 0.328 e. The highest BCUT2D eigenvalue weighted by Gasteiger charge is 2.24. The normalized spacial score (nSPS) is 14.7. The summed E-state index contributed by atoms with van der Waals surface area (Å²) < 4.78 is 14.2. The Labute approximate surface area is 182 Å². The number of nitrogens with zero attached hydrogens (tertiary/aromatic N) is 1. The fourth-order valence-electron chi connectivity index (χ4n) is 3.42. The molecular weight excluding hydrogens is 411 g/mol. The number of piperidine rings is 1. The topological polar surface area (TPSA) is 89.9 Å². The van der Waals surface area contributed by atoms with E-state index >= 15 is 0 Å². The molecule has 2 rings (SSSR count). The molecule has 8 heteroatoms. The Kier molecular flexibility index (Phi) is 12.3. The summed E-state index contributed by atoms with van der Waals surface area (Å²) in [6.07, 6.45) is 5.72. The van der Waals surface area contributed by atoms with Crippen LogP contribution in [0.25, 0.3) is 0 Å². The van der Waals surface area contributed by atoms with Crippen LogP contribution in [-0.4, -0.2) is 52.7 Å². The summed E-state index contributed by atoms with van der Waals surface area (Å²) in [7, 11) is 0. The van der Waals surface area contributed by atoms with Crippen molar-refractivity contribution in [3.05, 3.63) is 46.8 Å². The van der Waals surface area contributed by atoms with E-state index in [2.05, 4.69) is 24.1 Å². The molecule has 0 unspecified atom stereocenters. The quantitative estimate of drug-likeness (QED) is 0.497. The van der Waals surface area contributed by atoms with Crippen LogP contribution in [0.2, 0.25) is 5.02 Å². The maximum atomic E-state index is 14.2. The van der Waals surface area contributed by atoms with Gasteiger partial charge in [-0.05, 0) is 44.0 Å². The second kappa shape index (κ2) is 14.1. The smallest absolute Gasteiger partial charge is 0.328 e. The number of aliphatic carboxylic acids is 2. The highest BCUT2D eigenvalue weighted by molar-refractivity contribution is 6.31. The molecule has 0 radical (unpaired) electrons. The van der Waals surface area contributed by atoms with Gasteiger partial charge in [0.1, 0.15) is 5.82 Å². The lowest BCUT2D eigenvalue weighted by Crippen LogP contribution is -2.44. The van der Waals surface area contributed by atoms with Gasteiger partial charge in [0.2, 0.25) is 0 Å². The molecule has 0 bridgehead atoms. The van der Waals surface area contributed by atoms with E-state index in [4.69, 9.17) is 21.8 Å². The Morgan fingerprint density at radius 3 is 2.23 bits per heavy atom. The van der Waals surface area contributed by atoms with Gasteiger partial charge in [0.25, 0.3) is 0 Å². The SMILES string of the molecule is CCC(CC)CN(Cc1c(F)cccc1Cl)C1CCNCC1.O=C(O)C=CC(=O)O. The van der Waals surface area contributed by atoms with Crippen molar-refractivity contribution < 1.29 is 24.2 Å². The van der Waals surface area contributed by atoms with Crippen LogP contribution in [0.15, 0.2) is 30.4 Å². The van der Waals surface area contributed by atoms with Crippen molar-refractivity contribution in [2.45, 2.75) is 52.1 Å². The average Bonchev–Trinajstić information content (AvgIpc) is 2.73. The largest absolute Gasteiger partial charge is 0.478 e.